The van der Waals surface area contributed by atoms with Crippen LogP contribution in [0.4, 0.5) is 0 Å². The fourth-order valence-electron chi connectivity index (χ4n) is 5.54. The quantitative estimate of drug-likeness (QED) is 0.693. The Bertz CT molecular complexity index is 692. The maximum Gasteiger partial charge on any atom is 0.314 e. The van der Waals surface area contributed by atoms with Crippen LogP contribution in [-0.2, 0) is 20.7 Å². The first kappa shape index (κ1) is 18.5. The molecule has 3 heterocycles. The molecule has 3 saturated heterocycles. The molecule has 5 heteroatoms. The van der Waals surface area contributed by atoms with Crippen LogP contribution in [0.25, 0.3) is 0 Å². The van der Waals surface area contributed by atoms with Crippen molar-refractivity contribution in [1.29, 1.82) is 0 Å². The molecule has 3 aliphatic rings. The summed E-state index contributed by atoms with van der Waals surface area (Å²) in [6, 6.07) is 11.0. The number of hydrogen-bond acceptors (Lipinski definition) is 4. The number of carbonyl (C=O) groups excluding carboxylic acids is 2. The number of fused-ring (bicyclic) bond motifs is 2. The minimum absolute atomic E-state index is 0.0386. The van der Waals surface area contributed by atoms with Gasteiger partial charge in [0.2, 0.25) is 5.91 Å². The van der Waals surface area contributed by atoms with Crippen molar-refractivity contribution in [3.63, 3.8) is 0 Å². The zero-order valence-corrected chi connectivity index (χ0v) is 16.2. The molecule has 27 heavy (non-hydrogen) atoms. The van der Waals surface area contributed by atoms with Crippen molar-refractivity contribution >= 4 is 11.9 Å². The van der Waals surface area contributed by atoms with Gasteiger partial charge in [-0.3, -0.25) is 14.5 Å². The highest BCUT2D eigenvalue weighted by Crippen LogP contribution is 2.52. The number of nitrogens with zero attached hydrogens (tertiary/aromatic N) is 2. The molecule has 1 aromatic rings. The summed E-state index contributed by atoms with van der Waals surface area (Å²) in [5.74, 6) is 0.241. The van der Waals surface area contributed by atoms with Crippen LogP contribution in [0.2, 0.25) is 0 Å². The van der Waals surface area contributed by atoms with Crippen LogP contribution < -0.4 is 0 Å². The van der Waals surface area contributed by atoms with Crippen LogP contribution in [0.5, 0.6) is 0 Å². The van der Waals surface area contributed by atoms with Crippen LogP contribution in [0, 0.1) is 5.41 Å². The molecule has 0 unspecified atom stereocenters. The van der Waals surface area contributed by atoms with Gasteiger partial charge in [-0.05, 0) is 44.6 Å². The third-order valence-electron chi connectivity index (χ3n) is 6.72. The second-order valence-corrected chi connectivity index (χ2v) is 8.21. The van der Waals surface area contributed by atoms with Gasteiger partial charge < -0.3 is 9.64 Å². The van der Waals surface area contributed by atoms with Crippen LogP contribution in [0.1, 0.15) is 44.6 Å². The van der Waals surface area contributed by atoms with E-state index in [4.69, 9.17) is 4.74 Å². The molecule has 0 spiro atoms. The van der Waals surface area contributed by atoms with E-state index in [1.807, 2.05) is 30.0 Å². The Balaban J connectivity index is 1.53. The summed E-state index contributed by atoms with van der Waals surface area (Å²) < 4.78 is 5.57. The van der Waals surface area contributed by atoms with Crippen molar-refractivity contribution in [2.45, 2.75) is 57.5 Å². The third kappa shape index (κ3) is 3.38. The number of benzene rings is 1. The number of amides is 1. The number of hydrogen-bond donors (Lipinski definition) is 0. The molecule has 4 rings (SSSR count). The Hall–Kier alpha value is -1.88. The molecular weight excluding hydrogens is 340 g/mol. The van der Waals surface area contributed by atoms with Gasteiger partial charge >= 0.3 is 5.97 Å². The summed E-state index contributed by atoms with van der Waals surface area (Å²) >= 11 is 0. The molecule has 0 aliphatic carbocycles. The van der Waals surface area contributed by atoms with Crippen LogP contribution in [0.3, 0.4) is 0 Å². The summed E-state index contributed by atoms with van der Waals surface area (Å²) in [5.41, 5.74) is 0.753. The van der Waals surface area contributed by atoms with Crippen molar-refractivity contribution in [2.75, 3.05) is 26.2 Å². The first-order valence-electron chi connectivity index (χ1n) is 10.4. The SMILES string of the molecule is CCOC(=O)[C@@]1(Cc2ccccc2)C[C@H]2CC[C@@H]1N2CCN1CCCC1=O. The Morgan fingerprint density at radius 1 is 1.22 bits per heavy atom. The van der Waals surface area contributed by atoms with Crippen molar-refractivity contribution in [3.8, 4) is 0 Å². The normalized spacial score (nSPS) is 30.3. The van der Waals surface area contributed by atoms with Crippen molar-refractivity contribution in [3.05, 3.63) is 35.9 Å². The van der Waals surface area contributed by atoms with Gasteiger partial charge in [0.1, 0.15) is 0 Å². The van der Waals surface area contributed by atoms with Crippen molar-refractivity contribution in [1.82, 2.24) is 9.80 Å². The van der Waals surface area contributed by atoms with E-state index in [1.165, 1.54) is 5.56 Å². The van der Waals surface area contributed by atoms with Gasteiger partial charge in [-0.25, -0.2) is 0 Å². The Morgan fingerprint density at radius 3 is 2.74 bits per heavy atom. The average Bonchev–Trinajstić information content (AvgIpc) is 3.34. The van der Waals surface area contributed by atoms with E-state index in [9.17, 15) is 9.59 Å². The van der Waals surface area contributed by atoms with E-state index in [1.54, 1.807) is 0 Å². The predicted molar refractivity (Wildman–Crippen MR) is 103 cm³/mol. The number of likely N-dealkylation sites (tertiary alicyclic amines) is 1. The molecule has 3 aliphatic heterocycles. The molecule has 0 radical (unpaired) electrons. The highest BCUT2D eigenvalue weighted by molar-refractivity contribution is 5.79. The molecule has 3 atom stereocenters. The molecule has 146 valence electrons. The zero-order valence-electron chi connectivity index (χ0n) is 16.2. The smallest absolute Gasteiger partial charge is 0.314 e. The fraction of sp³-hybridized carbons (Fsp3) is 0.636. The minimum Gasteiger partial charge on any atom is -0.466 e. The first-order chi connectivity index (χ1) is 13.1. The molecule has 2 bridgehead atoms. The maximum absolute atomic E-state index is 13.1. The number of esters is 1. The van der Waals surface area contributed by atoms with Crippen LogP contribution >= 0.6 is 0 Å². The Labute approximate surface area is 161 Å². The number of rotatable bonds is 7. The summed E-state index contributed by atoms with van der Waals surface area (Å²) in [4.78, 5) is 29.6. The van der Waals surface area contributed by atoms with E-state index >= 15 is 0 Å². The number of ether oxygens (including phenoxy) is 1. The van der Waals surface area contributed by atoms with Crippen molar-refractivity contribution in [2.24, 2.45) is 5.41 Å². The molecule has 3 fully saturated rings. The summed E-state index contributed by atoms with van der Waals surface area (Å²) in [6.07, 6.45) is 5.48. The van der Waals surface area contributed by atoms with Gasteiger partial charge in [-0.15, -0.1) is 0 Å². The molecule has 5 nitrogen and oxygen atoms in total. The summed E-state index contributed by atoms with van der Waals surface area (Å²) in [6.45, 7) is 4.86. The zero-order chi connectivity index (χ0) is 18.9. The van der Waals surface area contributed by atoms with Gasteiger partial charge in [0.05, 0.1) is 12.0 Å². The van der Waals surface area contributed by atoms with E-state index in [-0.39, 0.29) is 17.9 Å². The molecule has 1 aromatic carbocycles. The topological polar surface area (TPSA) is 49.9 Å². The van der Waals surface area contributed by atoms with Gasteiger partial charge in [-0.2, -0.15) is 0 Å². The van der Waals surface area contributed by atoms with E-state index in [2.05, 4.69) is 17.0 Å². The third-order valence-corrected chi connectivity index (χ3v) is 6.72. The molecule has 0 aromatic heterocycles. The lowest BCUT2D eigenvalue weighted by Gasteiger charge is -2.36. The van der Waals surface area contributed by atoms with E-state index in [0.29, 0.717) is 19.1 Å². The lowest BCUT2D eigenvalue weighted by Crippen LogP contribution is -2.47. The summed E-state index contributed by atoms with van der Waals surface area (Å²) in [7, 11) is 0. The van der Waals surface area contributed by atoms with Gasteiger partial charge in [0.25, 0.3) is 0 Å². The molecule has 0 N–H and O–H groups in total. The maximum atomic E-state index is 13.1. The summed E-state index contributed by atoms with van der Waals surface area (Å²) in [5, 5.41) is 0. The largest absolute Gasteiger partial charge is 0.466 e. The van der Waals surface area contributed by atoms with Crippen LogP contribution in [0.15, 0.2) is 30.3 Å². The second kappa shape index (κ2) is 7.63. The molecular formula is C22H30N2O3. The van der Waals surface area contributed by atoms with Gasteiger partial charge in [0.15, 0.2) is 0 Å². The number of carbonyl (C=O) groups is 2. The standard InChI is InChI=1S/C22H30N2O3/c1-2-27-21(26)22(15-17-7-4-3-5-8-17)16-18-10-11-19(22)24(18)14-13-23-12-6-9-20(23)25/h3-5,7-8,18-19H,2,6,9-16H2,1H3/t18-,19+,22+/m1/s1. The highest BCUT2D eigenvalue weighted by atomic mass is 16.5. The van der Waals surface area contributed by atoms with Crippen LogP contribution in [-0.4, -0.2) is 60.0 Å². The van der Waals surface area contributed by atoms with Gasteiger partial charge in [-0.1, -0.05) is 30.3 Å². The van der Waals surface area contributed by atoms with Crippen molar-refractivity contribution < 1.29 is 14.3 Å². The lowest BCUT2D eigenvalue weighted by atomic mass is 9.70. The average molecular weight is 370 g/mol. The molecule has 0 saturated carbocycles. The highest BCUT2D eigenvalue weighted by Gasteiger charge is 2.60. The second-order valence-electron chi connectivity index (χ2n) is 8.21. The monoisotopic (exact) mass is 370 g/mol. The lowest BCUT2D eigenvalue weighted by molar-refractivity contribution is -0.157. The Morgan fingerprint density at radius 2 is 2.04 bits per heavy atom. The molecule has 1 amide bonds. The van der Waals surface area contributed by atoms with Gasteiger partial charge in [0, 0.05) is 38.1 Å². The predicted octanol–water partition coefficient (Wildman–Crippen LogP) is 2.64. The van der Waals surface area contributed by atoms with E-state index in [0.717, 1.165) is 51.7 Å². The first-order valence-corrected chi connectivity index (χ1v) is 10.4. The fourth-order valence-corrected chi connectivity index (χ4v) is 5.54. The minimum atomic E-state index is -0.449. The van der Waals surface area contributed by atoms with E-state index < -0.39 is 5.41 Å². The Kier molecular flexibility index (Phi) is 5.22.